The second kappa shape index (κ2) is 8.49. The van der Waals surface area contributed by atoms with Gasteiger partial charge in [0, 0.05) is 22.8 Å². The Hall–Kier alpha value is -3.45. The Balaban J connectivity index is 1.67. The van der Waals surface area contributed by atoms with Crippen molar-refractivity contribution in [3.05, 3.63) is 92.8 Å². The van der Waals surface area contributed by atoms with Crippen molar-refractivity contribution in [1.82, 2.24) is 10.3 Å². The first-order valence-electron chi connectivity index (χ1n) is 8.34. The molecule has 0 saturated heterocycles. The van der Waals surface area contributed by atoms with Gasteiger partial charge in [0.25, 0.3) is 5.91 Å². The molecule has 0 aliphatic heterocycles. The lowest BCUT2D eigenvalue weighted by Crippen LogP contribution is -2.23. The molecule has 1 heterocycles. The summed E-state index contributed by atoms with van der Waals surface area (Å²) in [6.07, 6.45) is 1.68. The molecule has 1 N–H and O–H groups in total. The molecule has 0 bridgehead atoms. The van der Waals surface area contributed by atoms with Crippen molar-refractivity contribution in [1.29, 1.82) is 0 Å². The molecule has 0 saturated carbocycles. The van der Waals surface area contributed by atoms with E-state index in [0.29, 0.717) is 17.9 Å². The van der Waals surface area contributed by atoms with Crippen LogP contribution in [-0.4, -0.2) is 15.8 Å². The van der Waals surface area contributed by atoms with Crippen LogP contribution in [-0.2, 0) is 6.54 Å². The smallest absolute Gasteiger partial charge is 0.313 e. The number of aryl methyl sites for hydroxylation is 1. The van der Waals surface area contributed by atoms with E-state index in [-0.39, 0.29) is 22.4 Å². The number of carbonyl (C=O) groups excluding carboxylic acids is 1. The third-order valence-electron chi connectivity index (χ3n) is 4.00. The van der Waals surface area contributed by atoms with Crippen LogP contribution in [0.5, 0.6) is 11.5 Å². The van der Waals surface area contributed by atoms with E-state index in [2.05, 4.69) is 10.3 Å². The summed E-state index contributed by atoms with van der Waals surface area (Å²) >= 11 is 5.79. The number of nitrogens with one attached hydrogen (secondary N) is 1. The van der Waals surface area contributed by atoms with Gasteiger partial charge in [0.05, 0.1) is 17.2 Å². The van der Waals surface area contributed by atoms with Crippen molar-refractivity contribution in [3.8, 4) is 11.5 Å². The van der Waals surface area contributed by atoms with Gasteiger partial charge >= 0.3 is 5.69 Å². The van der Waals surface area contributed by atoms with Gasteiger partial charge < -0.3 is 10.1 Å². The minimum absolute atomic E-state index is 0.0669. The Morgan fingerprint density at radius 1 is 1.21 bits per heavy atom. The van der Waals surface area contributed by atoms with Gasteiger partial charge in [0.15, 0.2) is 0 Å². The molecule has 3 aromatic rings. The Kier molecular flexibility index (Phi) is 5.86. The molecule has 0 spiro atoms. The third kappa shape index (κ3) is 4.63. The van der Waals surface area contributed by atoms with Crippen LogP contribution in [0.15, 0.2) is 60.8 Å². The van der Waals surface area contributed by atoms with Gasteiger partial charge in [0.1, 0.15) is 5.75 Å². The number of amides is 1. The highest BCUT2D eigenvalue weighted by molar-refractivity contribution is 6.30. The van der Waals surface area contributed by atoms with Crippen LogP contribution in [0.25, 0.3) is 0 Å². The van der Waals surface area contributed by atoms with Gasteiger partial charge in [-0.3, -0.25) is 19.9 Å². The number of aromatic nitrogens is 1. The predicted molar refractivity (Wildman–Crippen MR) is 105 cm³/mol. The molecule has 1 amide bonds. The normalized spacial score (nSPS) is 10.4. The largest absolute Gasteiger partial charge is 0.450 e. The number of pyridine rings is 1. The molecule has 3 rings (SSSR count). The number of hydrogen-bond acceptors (Lipinski definition) is 5. The topological polar surface area (TPSA) is 94.4 Å². The SMILES string of the molecule is Cc1cccnc1CNC(=O)c1ccc(Oc2ccc(Cl)cc2[N+](=O)[O-])cc1. The van der Waals surface area contributed by atoms with Gasteiger partial charge in [-0.1, -0.05) is 17.7 Å². The number of hydrogen-bond donors (Lipinski definition) is 1. The van der Waals surface area contributed by atoms with Crippen molar-refractivity contribution < 1.29 is 14.5 Å². The van der Waals surface area contributed by atoms with Crippen LogP contribution in [0.2, 0.25) is 5.02 Å². The van der Waals surface area contributed by atoms with Crippen molar-refractivity contribution in [2.45, 2.75) is 13.5 Å². The predicted octanol–water partition coefficient (Wildman–Crippen LogP) is 4.67. The number of halogens is 1. The number of nitro benzene ring substituents is 1. The number of benzene rings is 2. The number of ether oxygens (including phenoxy) is 1. The van der Waals surface area contributed by atoms with Crippen LogP contribution < -0.4 is 10.1 Å². The molecule has 0 atom stereocenters. The Bertz CT molecular complexity index is 1020. The molecule has 0 radical (unpaired) electrons. The zero-order chi connectivity index (χ0) is 20.1. The summed E-state index contributed by atoms with van der Waals surface area (Å²) in [5.74, 6) is 0.175. The molecular weight excluding hydrogens is 382 g/mol. The maximum atomic E-state index is 12.3. The van der Waals surface area contributed by atoms with Gasteiger partial charge in [0.2, 0.25) is 5.75 Å². The molecule has 142 valence electrons. The fourth-order valence-electron chi connectivity index (χ4n) is 2.49. The van der Waals surface area contributed by atoms with E-state index in [4.69, 9.17) is 16.3 Å². The highest BCUT2D eigenvalue weighted by Crippen LogP contribution is 2.33. The maximum absolute atomic E-state index is 12.3. The van der Waals surface area contributed by atoms with Gasteiger partial charge in [-0.15, -0.1) is 0 Å². The summed E-state index contributed by atoms with van der Waals surface area (Å²) in [4.78, 5) is 27.1. The van der Waals surface area contributed by atoms with E-state index < -0.39 is 4.92 Å². The lowest BCUT2D eigenvalue weighted by atomic mass is 10.2. The summed E-state index contributed by atoms with van der Waals surface area (Å²) in [6, 6.07) is 14.2. The van der Waals surface area contributed by atoms with Crippen LogP contribution >= 0.6 is 11.6 Å². The molecular formula is C20H16ClN3O4. The van der Waals surface area contributed by atoms with E-state index in [0.717, 1.165) is 11.3 Å². The lowest BCUT2D eigenvalue weighted by molar-refractivity contribution is -0.385. The Labute approximate surface area is 166 Å². The zero-order valence-corrected chi connectivity index (χ0v) is 15.6. The summed E-state index contributed by atoms with van der Waals surface area (Å²) in [7, 11) is 0. The van der Waals surface area contributed by atoms with E-state index in [1.807, 2.05) is 19.1 Å². The number of rotatable bonds is 6. The van der Waals surface area contributed by atoms with Crippen molar-refractivity contribution in [2.24, 2.45) is 0 Å². The highest BCUT2D eigenvalue weighted by atomic mass is 35.5. The summed E-state index contributed by atoms with van der Waals surface area (Å²) in [5.41, 5.74) is 1.99. The Morgan fingerprint density at radius 2 is 1.96 bits per heavy atom. The molecule has 8 heteroatoms. The van der Waals surface area contributed by atoms with Crippen molar-refractivity contribution in [3.63, 3.8) is 0 Å². The average Bonchev–Trinajstić information content (AvgIpc) is 2.69. The monoisotopic (exact) mass is 397 g/mol. The minimum atomic E-state index is -0.567. The number of nitro groups is 1. The first-order valence-corrected chi connectivity index (χ1v) is 8.72. The van der Waals surface area contributed by atoms with E-state index in [9.17, 15) is 14.9 Å². The molecule has 0 aliphatic rings. The lowest BCUT2D eigenvalue weighted by Gasteiger charge is -2.09. The second-order valence-electron chi connectivity index (χ2n) is 5.95. The van der Waals surface area contributed by atoms with E-state index in [1.54, 1.807) is 30.5 Å². The van der Waals surface area contributed by atoms with E-state index in [1.165, 1.54) is 18.2 Å². The number of carbonyl (C=O) groups is 1. The third-order valence-corrected chi connectivity index (χ3v) is 4.23. The molecule has 0 unspecified atom stereocenters. The van der Waals surface area contributed by atoms with Crippen molar-refractivity contribution in [2.75, 3.05) is 0 Å². The van der Waals surface area contributed by atoms with Crippen LogP contribution in [0.1, 0.15) is 21.6 Å². The van der Waals surface area contributed by atoms with Crippen molar-refractivity contribution >= 4 is 23.2 Å². The average molecular weight is 398 g/mol. The fourth-order valence-corrected chi connectivity index (χ4v) is 2.66. The molecule has 1 aromatic heterocycles. The Morgan fingerprint density at radius 3 is 2.64 bits per heavy atom. The second-order valence-corrected chi connectivity index (χ2v) is 6.38. The van der Waals surface area contributed by atoms with Crippen LogP contribution in [0.3, 0.4) is 0 Å². The van der Waals surface area contributed by atoms with Crippen LogP contribution in [0, 0.1) is 17.0 Å². The molecule has 0 fully saturated rings. The fraction of sp³-hybridized carbons (Fsp3) is 0.100. The maximum Gasteiger partial charge on any atom is 0.313 e. The number of nitrogens with zero attached hydrogens (tertiary/aromatic N) is 2. The summed E-state index contributed by atoms with van der Waals surface area (Å²) in [6.45, 7) is 2.25. The highest BCUT2D eigenvalue weighted by Gasteiger charge is 2.16. The zero-order valence-electron chi connectivity index (χ0n) is 14.9. The molecule has 7 nitrogen and oxygen atoms in total. The van der Waals surface area contributed by atoms with Gasteiger partial charge in [-0.25, -0.2) is 0 Å². The molecule has 28 heavy (non-hydrogen) atoms. The molecule has 2 aromatic carbocycles. The van der Waals surface area contributed by atoms with Crippen LogP contribution in [0.4, 0.5) is 5.69 Å². The first-order chi connectivity index (χ1) is 13.4. The van der Waals surface area contributed by atoms with Gasteiger partial charge in [-0.05, 0) is 55.0 Å². The van der Waals surface area contributed by atoms with E-state index >= 15 is 0 Å². The molecule has 0 aliphatic carbocycles. The summed E-state index contributed by atoms with van der Waals surface area (Å²) in [5, 5.41) is 14.2. The van der Waals surface area contributed by atoms with Gasteiger partial charge in [-0.2, -0.15) is 0 Å². The quantitative estimate of drug-likeness (QED) is 0.481. The summed E-state index contributed by atoms with van der Waals surface area (Å²) < 4.78 is 5.56. The standard InChI is InChI=1S/C20H16ClN3O4/c1-13-3-2-10-22-17(13)12-23-20(25)14-4-7-16(8-5-14)28-19-9-6-15(21)11-18(19)24(26)27/h2-11H,12H2,1H3,(H,23,25). The minimum Gasteiger partial charge on any atom is -0.450 e. The first kappa shape index (κ1) is 19.3.